The topological polar surface area (TPSA) is 58.7 Å². The first-order valence-electron chi connectivity index (χ1n) is 6.42. The average Bonchev–Trinajstić information content (AvgIpc) is 2.79. The van der Waals surface area contributed by atoms with Crippen molar-refractivity contribution in [2.24, 2.45) is 11.1 Å². The van der Waals surface area contributed by atoms with Gasteiger partial charge in [-0.25, -0.2) is 0 Å². The molecule has 0 spiro atoms. The molecule has 1 atom stereocenters. The summed E-state index contributed by atoms with van der Waals surface area (Å²) >= 11 is 0. The molecule has 0 radical (unpaired) electrons. The molecule has 0 amide bonds. The van der Waals surface area contributed by atoms with Crippen molar-refractivity contribution in [1.82, 2.24) is 4.90 Å². The van der Waals surface area contributed by atoms with Crippen LogP contribution in [0.5, 0.6) is 0 Å². The Balaban J connectivity index is 1.95. The van der Waals surface area contributed by atoms with Gasteiger partial charge in [0, 0.05) is 13.1 Å². The fourth-order valence-corrected chi connectivity index (χ4v) is 3.05. The highest BCUT2D eigenvalue weighted by molar-refractivity contribution is 4.90. The molecule has 2 aliphatic rings. The predicted molar refractivity (Wildman–Crippen MR) is 63.2 cm³/mol. The fourth-order valence-electron chi connectivity index (χ4n) is 3.05. The molecule has 1 heterocycles. The smallest absolute Gasteiger partial charge is 0.0644 e. The first kappa shape index (κ1) is 12.3. The third-order valence-corrected chi connectivity index (χ3v) is 4.20. The largest absolute Gasteiger partial charge is 0.395 e. The Labute approximate surface area is 97.7 Å². The molecule has 1 saturated heterocycles. The minimum atomic E-state index is 0.178. The van der Waals surface area contributed by atoms with E-state index in [4.69, 9.17) is 10.5 Å². The quantitative estimate of drug-likeness (QED) is 0.721. The summed E-state index contributed by atoms with van der Waals surface area (Å²) in [5.41, 5.74) is 6.26. The first-order valence-corrected chi connectivity index (χ1v) is 6.42. The summed E-state index contributed by atoms with van der Waals surface area (Å²) in [6.45, 7) is 4.41. The third-order valence-electron chi connectivity index (χ3n) is 4.20. The van der Waals surface area contributed by atoms with Crippen LogP contribution < -0.4 is 5.73 Å². The van der Waals surface area contributed by atoms with E-state index in [0.717, 1.165) is 26.2 Å². The number of aliphatic hydroxyl groups excluding tert-OH is 1. The van der Waals surface area contributed by atoms with Gasteiger partial charge in [0.15, 0.2) is 0 Å². The molecule has 0 aromatic rings. The second-order valence-electron chi connectivity index (χ2n) is 5.29. The first-order chi connectivity index (χ1) is 7.79. The summed E-state index contributed by atoms with van der Waals surface area (Å²) in [5, 5.41) is 9.34. The van der Waals surface area contributed by atoms with E-state index in [-0.39, 0.29) is 12.6 Å². The van der Waals surface area contributed by atoms with Crippen LogP contribution in [0.3, 0.4) is 0 Å². The minimum Gasteiger partial charge on any atom is -0.395 e. The van der Waals surface area contributed by atoms with Crippen LogP contribution in [-0.4, -0.2) is 55.5 Å². The number of hydrogen-bond donors (Lipinski definition) is 2. The summed E-state index contributed by atoms with van der Waals surface area (Å²) in [4.78, 5) is 2.38. The minimum absolute atomic E-state index is 0.178. The van der Waals surface area contributed by atoms with Crippen LogP contribution in [0.1, 0.15) is 25.7 Å². The fraction of sp³-hybridized carbons (Fsp3) is 1.00. The normalized spacial score (nSPS) is 30.8. The molecule has 1 aliphatic carbocycles. The SMILES string of the molecule is NCC1(CN2CCOCC2CO)CCCC1. The van der Waals surface area contributed by atoms with Crippen molar-refractivity contribution >= 4 is 0 Å². The van der Waals surface area contributed by atoms with Gasteiger partial charge < -0.3 is 15.6 Å². The monoisotopic (exact) mass is 228 g/mol. The van der Waals surface area contributed by atoms with Crippen LogP contribution in [0.15, 0.2) is 0 Å². The summed E-state index contributed by atoms with van der Waals surface area (Å²) in [7, 11) is 0. The molecule has 94 valence electrons. The lowest BCUT2D eigenvalue weighted by molar-refractivity contribution is -0.0431. The number of hydrogen-bond acceptors (Lipinski definition) is 4. The molecule has 4 nitrogen and oxygen atoms in total. The molecule has 4 heteroatoms. The summed E-state index contributed by atoms with van der Waals surface area (Å²) in [5.74, 6) is 0. The Bertz CT molecular complexity index is 217. The molecular weight excluding hydrogens is 204 g/mol. The molecule has 1 saturated carbocycles. The predicted octanol–water partition coefficient (Wildman–Crippen LogP) is 0.199. The van der Waals surface area contributed by atoms with Crippen LogP contribution >= 0.6 is 0 Å². The van der Waals surface area contributed by atoms with Crippen molar-refractivity contribution in [2.75, 3.05) is 39.5 Å². The highest BCUT2D eigenvalue weighted by Crippen LogP contribution is 2.38. The van der Waals surface area contributed by atoms with Gasteiger partial charge in [-0.2, -0.15) is 0 Å². The maximum Gasteiger partial charge on any atom is 0.0644 e. The highest BCUT2D eigenvalue weighted by Gasteiger charge is 2.36. The van der Waals surface area contributed by atoms with Gasteiger partial charge in [-0.15, -0.1) is 0 Å². The van der Waals surface area contributed by atoms with E-state index in [1.54, 1.807) is 0 Å². The van der Waals surface area contributed by atoms with Crippen molar-refractivity contribution in [3.8, 4) is 0 Å². The Morgan fingerprint density at radius 1 is 1.38 bits per heavy atom. The van der Waals surface area contributed by atoms with Gasteiger partial charge in [0.2, 0.25) is 0 Å². The Kier molecular flexibility index (Phi) is 4.19. The van der Waals surface area contributed by atoms with Gasteiger partial charge in [0.1, 0.15) is 0 Å². The average molecular weight is 228 g/mol. The maximum absolute atomic E-state index is 9.34. The number of morpholine rings is 1. The molecule has 0 aromatic heterocycles. The second kappa shape index (κ2) is 5.45. The molecule has 0 aromatic carbocycles. The Morgan fingerprint density at radius 2 is 2.12 bits per heavy atom. The lowest BCUT2D eigenvalue weighted by Crippen LogP contribution is -2.52. The molecule has 0 bridgehead atoms. The highest BCUT2D eigenvalue weighted by atomic mass is 16.5. The van der Waals surface area contributed by atoms with Crippen LogP contribution in [0.2, 0.25) is 0 Å². The van der Waals surface area contributed by atoms with Crippen molar-refractivity contribution in [3.63, 3.8) is 0 Å². The zero-order chi connectivity index (χ0) is 11.4. The van der Waals surface area contributed by atoms with Gasteiger partial charge in [0.25, 0.3) is 0 Å². The molecule has 1 unspecified atom stereocenters. The van der Waals surface area contributed by atoms with Gasteiger partial charge >= 0.3 is 0 Å². The maximum atomic E-state index is 9.34. The molecule has 1 aliphatic heterocycles. The van der Waals surface area contributed by atoms with Crippen LogP contribution in [0.25, 0.3) is 0 Å². The van der Waals surface area contributed by atoms with Gasteiger partial charge in [-0.1, -0.05) is 12.8 Å². The van der Waals surface area contributed by atoms with Gasteiger partial charge in [-0.3, -0.25) is 4.90 Å². The molecule has 2 fully saturated rings. The number of nitrogens with two attached hydrogens (primary N) is 1. The lowest BCUT2D eigenvalue weighted by Gasteiger charge is -2.40. The molecule has 2 rings (SSSR count). The second-order valence-corrected chi connectivity index (χ2v) is 5.29. The third kappa shape index (κ3) is 2.56. The van der Waals surface area contributed by atoms with E-state index >= 15 is 0 Å². The Morgan fingerprint density at radius 3 is 2.75 bits per heavy atom. The van der Waals surface area contributed by atoms with E-state index in [1.807, 2.05) is 0 Å². The number of aliphatic hydroxyl groups is 1. The Hall–Kier alpha value is -0.160. The van der Waals surface area contributed by atoms with Crippen LogP contribution in [-0.2, 0) is 4.74 Å². The standard InChI is InChI=1S/C12H24N2O2/c13-9-12(3-1-2-4-12)10-14-5-6-16-8-11(14)7-15/h11,15H,1-10,13H2. The van der Waals surface area contributed by atoms with Gasteiger partial charge in [0.05, 0.1) is 25.9 Å². The summed E-state index contributed by atoms with van der Waals surface area (Å²) < 4.78 is 5.40. The summed E-state index contributed by atoms with van der Waals surface area (Å²) in [6, 6.07) is 0.178. The van der Waals surface area contributed by atoms with Crippen molar-refractivity contribution in [1.29, 1.82) is 0 Å². The van der Waals surface area contributed by atoms with Crippen LogP contribution in [0, 0.1) is 5.41 Å². The van der Waals surface area contributed by atoms with E-state index in [1.165, 1.54) is 25.7 Å². The zero-order valence-electron chi connectivity index (χ0n) is 10.0. The van der Waals surface area contributed by atoms with Crippen molar-refractivity contribution in [3.05, 3.63) is 0 Å². The molecule has 3 N–H and O–H groups in total. The molecule has 16 heavy (non-hydrogen) atoms. The van der Waals surface area contributed by atoms with Gasteiger partial charge in [-0.05, 0) is 24.8 Å². The van der Waals surface area contributed by atoms with E-state index < -0.39 is 0 Å². The lowest BCUT2D eigenvalue weighted by atomic mass is 9.85. The van der Waals surface area contributed by atoms with Crippen molar-refractivity contribution in [2.45, 2.75) is 31.7 Å². The number of rotatable bonds is 4. The van der Waals surface area contributed by atoms with Crippen molar-refractivity contribution < 1.29 is 9.84 Å². The van der Waals surface area contributed by atoms with E-state index in [2.05, 4.69) is 4.90 Å². The zero-order valence-corrected chi connectivity index (χ0v) is 10.0. The summed E-state index contributed by atoms with van der Waals surface area (Å²) in [6.07, 6.45) is 5.12. The molecular formula is C12H24N2O2. The van der Waals surface area contributed by atoms with E-state index in [9.17, 15) is 5.11 Å². The van der Waals surface area contributed by atoms with E-state index in [0.29, 0.717) is 12.0 Å². The van der Waals surface area contributed by atoms with Crippen LogP contribution in [0.4, 0.5) is 0 Å². The number of ether oxygens (including phenoxy) is 1. The number of nitrogens with zero attached hydrogens (tertiary/aromatic N) is 1.